The van der Waals surface area contributed by atoms with Gasteiger partial charge in [-0.05, 0) is 38.1 Å². The Balaban J connectivity index is 2.07. The Morgan fingerprint density at radius 2 is 2.00 bits per heavy atom. The largest absolute Gasteiger partial charge is 0.323 e. The molecule has 0 fully saturated rings. The van der Waals surface area contributed by atoms with Crippen LogP contribution in [-0.2, 0) is 0 Å². The van der Waals surface area contributed by atoms with Crippen molar-refractivity contribution in [3.63, 3.8) is 0 Å². The summed E-state index contributed by atoms with van der Waals surface area (Å²) in [5.74, 6) is 0. The van der Waals surface area contributed by atoms with Crippen molar-refractivity contribution in [3.05, 3.63) is 47.1 Å². The first-order valence-electron chi connectivity index (χ1n) is 6.22. The summed E-state index contributed by atoms with van der Waals surface area (Å²) < 4.78 is 0. The Bertz CT molecular complexity index is 731. The number of rotatable bonds is 2. The van der Waals surface area contributed by atoms with Gasteiger partial charge in [0.1, 0.15) is 5.01 Å². The van der Waals surface area contributed by atoms with E-state index in [1.165, 1.54) is 0 Å². The predicted octanol–water partition coefficient (Wildman–Crippen LogP) is 3.69. The van der Waals surface area contributed by atoms with Gasteiger partial charge in [-0.15, -0.1) is 11.3 Å². The fourth-order valence-corrected chi connectivity index (χ4v) is 2.91. The number of aryl methyl sites for hydroxylation is 1. The highest BCUT2D eigenvalue weighted by molar-refractivity contribution is 7.13. The minimum atomic E-state index is -0.0187. The van der Waals surface area contributed by atoms with Gasteiger partial charge in [-0.2, -0.15) is 0 Å². The number of aromatic nitrogens is 2. The lowest BCUT2D eigenvalue weighted by Crippen LogP contribution is -2.04. The first-order valence-corrected chi connectivity index (χ1v) is 7.10. The smallest absolute Gasteiger partial charge is 0.123 e. The molecular formula is C15H15N3S. The van der Waals surface area contributed by atoms with Crippen LogP contribution in [0.3, 0.4) is 0 Å². The van der Waals surface area contributed by atoms with Gasteiger partial charge in [-0.1, -0.05) is 6.07 Å². The molecule has 1 unspecified atom stereocenters. The Morgan fingerprint density at radius 3 is 2.74 bits per heavy atom. The maximum atomic E-state index is 5.85. The van der Waals surface area contributed by atoms with Crippen LogP contribution in [0.1, 0.15) is 24.4 Å². The summed E-state index contributed by atoms with van der Waals surface area (Å²) >= 11 is 1.63. The van der Waals surface area contributed by atoms with E-state index in [0.29, 0.717) is 0 Å². The zero-order valence-corrected chi connectivity index (χ0v) is 11.7. The lowest BCUT2D eigenvalue weighted by Gasteiger charge is -2.02. The maximum absolute atomic E-state index is 5.85. The molecule has 2 aromatic heterocycles. The molecule has 0 amide bonds. The molecule has 0 radical (unpaired) electrons. The van der Waals surface area contributed by atoms with Gasteiger partial charge in [0, 0.05) is 28.1 Å². The molecule has 0 saturated heterocycles. The highest BCUT2D eigenvalue weighted by Crippen LogP contribution is 2.28. The van der Waals surface area contributed by atoms with Crippen molar-refractivity contribution in [2.75, 3.05) is 0 Å². The quantitative estimate of drug-likeness (QED) is 0.772. The van der Waals surface area contributed by atoms with Gasteiger partial charge in [0.25, 0.3) is 0 Å². The Hall–Kier alpha value is -1.78. The van der Waals surface area contributed by atoms with Crippen LogP contribution in [0.5, 0.6) is 0 Å². The molecule has 2 heterocycles. The molecule has 4 heteroatoms. The fourth-order valence-electron chi connectivity index (χ4n) is 1.99. The summed E-state index contributed by atoms with van der Waals surface area (Å²) in [5.41, 5.74) is 9.97. The molecule has 3 rings (SSSR count). The number of benzene rings is 1. The highest BCUT2D eigenvalue weighted by Gasteiger charge is 2.08. The topological polar surface area (TPSA) is 51.8 Å². The van der Waals surface area contributed by atoms with E-state index >= 15 is 0 Å². The summed E-state index contributed by atoms with van der Waals surface area (Å²) in [6, 6.07) is 10.4. The standard InChI is InChI=1S/C15H15N3S/c1-9-3-4-11-7-12(5-6-13(11)17-9)15-18-14(8-19-15)10(2)16/h3-8,10H,16H2,1-2H3. The van der Waals surface area contributed by atoms with Crippen molar-refractivity contribution in [2.45, 2.75) is 19.9 Å². The Kier molecular flexibility index (Phi) is 3.05. The van der Waals surface area contributed by atoms with Gasteiger partial charge < -0.3 is 5.73 Å². The van der Waals surface area contributed by atoms with Gasteiger partial charge in [0.05, 0.1) is 11.2 Å². The average Bonchev–Trinajstić information content (AvgIpc) is 2.88. The lowest BCUT2D eigenvalue weighted by molar-refractivity contribution is 0.790. The first-order chi connectivity index (χ1) is 9.13. The third-order valence-electron chi connectivity index (χ3n) is 3.06. The summed E-state index contributed by atoms with van der Waals surface area (Å²) in [6.45, 7) is 3.95. The van der Waals surface area contributed by atoms with E-state index in [-0.39, 0.29) is 6.04 Å². The zero-order chi connectivity index (χ0) is 13.4. The van der Waals surface area contributed by atoms with E-state index in [9.17, 15) is 0 Å². The molecule has 0 aliphatic carbocycles. The first kappa shape index (κ1) is 12.3. The van der Waals surface area contributed by atoms with Crippen LogP contribution in [0.15, 0.2) is 35.7 Å². The molecule has 0 spiro atoms. The Morgan fingerprint density at radius 1 is 1.16 bits per heavy atom. The fraction of sp³-hybridized carbons (Fsp3) is 0.200. The molecule has 0 bridgehead atoms. The maximum Gasteiger partial charge on any atom is 0.123 e. The van der Waals surface area contributed by atoms with Gasteiger partial charge in [0.2, 0.25) is 0 Å². The number of hydrogen-bond acceptors (Lipinski definition) is 4. The molecule has 2 N–H and O–H groups in total. The van der Waals surface area contributed by atoms with Gasteiger partial charge >= 0.3 is 0 Å². The summed E-state index contributed by atoms with van der Waals surface area (Å²) in [5, 5.41) is 4.17. The minimum absolute atomic E-state index is 0.0187. The van der Waals surface area contributed by atoms with E-state index in [1.807, 2.05) is 31.4 Å². The van der Waals surface area contributed by atoms with Crippen LogP contribution in [-0.4, -0.2) is 9.97 Å². The molecule has 1 atom stereocenters. The van der Waals surface area contributed by atoms with E-state index < -0.39 is 0 Å². The van der Waals surface area contributed by atoms with Crippen LogP contribution >= 0.6 is 11.3 Å². The predicted molar refractivity (Wildman–Crippen MR) is 80.2 cm³/mol. The van der Waals surface area contributed by atoms with Gasteiger partial charge in [0.15, 0.2) is 0 Å². The van der Waals surface area contributed by atoms with Gasteiger partial charge in [-0.3, -0.25) is 4.98 Å². The third kappa shape index (κ3) is 2.37. The average molecular weight is 269 g/mol. The molecule has 0 saturated carbocycles. The van der Waals surface area contributed by atoms with Crippen LogP contribution < -0.4 is 5.73 Å². The van der Waals surface area contributed by atoms with Crippen LogP contribution in [0, 0.1) is 6.92 Å². The van der Waals surface area contributed by atoms with E-state index in [2.05, 4.69) is 28.2 Å². The molecule has 3 nitrogen and oxygen atoms in total. The Labute approximate surface area is 116 Å². The number of fused-ring (bicyclic) bond motifs is 1. The monoisotopic (exact) mass is 269 g/mol. The summed E-state index contributed by atoms with van der Waals surface area (Å²) in [4.78, 5) is 9.08. The van der Waals surface area contributed by atoms with Crippen molar-refractivity contribution in [2.24, 2.45) is 5.73 Å². The normalized spacial score (nSPS) is 12.8. The third-order valence-corrected chi connectivity index (χ3v) is 3.97. The summed E-state index contributed by atoms with van der Waals surface area (Å²) in [7, 11) is 0. The second kappa shape index (κ2) is 4.72. The molecule has 0 aliphatic heterocycles. The molecule has 1 aromatic carbocycles. The second-order valence-corrected chi connectivity index (χ2v) is 5.58. The van der Waals surface area contributed by atoms with Crippen molar-refractivity contribution >= 4 is 22.2 Å². The number of thiazole rings is 1. The highest BCUT2D eigenvalue weighted by atomic mass is 32.1. The summed E-state index contributed by atoms with van der Waals surface area (Å²) in [6.07, 6.45) is 0. The molecular weight excluding hydrogens is 254 g/mol. The second-order valence-electron chi connectivity index (χ2n) is 4.73. The van der Waals surface area contributed by atoms with E-state index in [1.54, 1.807) is 11.3 Å². The minimum Gasteiger partial charge on any atom is -0.323 e. The number of nitrogens with zero attached hydrogens (tertiary/aromatic N) is 2. The van der Waals surface area contributed by atoms with Crippen molar-refractivity contribution in [1.82, 2.24) is 9.97 Å². The van der Waals surface area contributed by atoms with E-state index in [4.69, 9.17) is 5.73 Å². The molecule has 96 valence electrons. The number of hydrogen-bond donors (Lipinski definition) is 1. The number of pyridine rings is 1. The SMILES string of the molecule is Cc1ccc2cc(-c3nc(C(C)N)cs3)ccc2n1. The number of nitrogens with two attached hydrogens (primary N) is 1. The van der Waals surface area contributed by atoms with Crippen molar-refractivity contribution < 1.29 is 0 Å². The molecule has 0 aliphatic rings. The van der Waals surface area contributed by atoms with Crippen LogP contribution in [0.4, 0.5) is 0 Å². The van der Waals surface area contributed by atoms with Crippen molar-refractivity contribution in [1.29, 1.82) is 0 Å². The molecule has 3 aromatic rings. The van der Waals surface area contributed by atoms with Crippen LogP contribution in [0.2, 0.25) is 0 Å². The molecule has 19 heavy (non-hydrogen) atoms. The van der Waals surface area contributed by atoms with Gasteiger partial charge in [-0.25, -0.2) is 4.98 Å². The van der Waals surface area contributed by atoms with Crippen LogP contribution in [0.25, 0.3) is 21.5 Å². The van der Waals surface area contributed by atoms with E-state index in [0.717, 1.165) is 32.9 Å². The zero-order valence-electron chi connectivity index (χ0n) is 10.9. The van der Waals surface area contributed by atoms with Crippen molar-refractivity contribution in [3.8, 4) is 10.6 Å². The lowest BCUT2D eigenvalue weighted by atomic mass is 10.1.